The predicted molar refractivity (Wildman–Crippen MR) is 45.1 cm³/mol. The molecule has 15 heavy (non-hydrogen) atoms. The number of halogens is 3. The highest BCUT2D eigenvalue weighted by Crippen LogP contribution is 2.62. The van der Waals surface area contributed by atoms with Crippen molar-refractivity contribution in [1.29, 1.82) is 0 Å². The number of ether oxygens (including phenoxy) is 1. The van der Waals surface area contributed by atoms with Gasteiger partial charge in [-0.2, -0.15) is 13.2 Å². The smallest absolute Gasteiger partial charge is 0.395 e. The molecule has 3 aliphatic rings. The second-order valence-electron chi connectivity index (χ2n) is 4.29. The molecule has 0 aromatic carbocycles. The Kier molecular flexibility index (Phi) is 2.05. The van der Waals surface area contributed by atoms with Crippen molar-refractivity contribution in [3.05, 3.63) is 0 Å². The third kappa shape index (κ3) is 1.27. The summed E-state index contributed by atoms with van der Waals surface area (Å²) in [7, 11) is 0. The van der Waals surface area contributed by atoms with Crippen LogP contribution in [0.1, 0.15) is 19.8 Å². The highest BCUT2D eigenvalue weighted by molar-refractivity contribution is 5.83. The molecule has 0 aromatic heterocycles. The third-order valence-electron chi connectivity index (χ3n) is 3.31. The molecule has 2 heterocycles. The minimum absolute atomic E-state index is 0.171. The predicted octanol–water partition coefficient (Wildman–Crippen LogP) is 1.23. The summed E-state index contributed by atoms with van der Waals surface area (Å²) in [6.07, 6.45) is -4.59. The van der Waals surface area contributed by atoms with Gasteiger partial charge in [-0.05, 0) is 19.8 Å². The van der Waals surface area contributed by atoms with Crippen LogP contribution in [0.15, 0.2) is 0 Å². The van der Waals surface area contributed by atoms with Crippen LogP contribution in [-0.2, 0) is 9.53 Å². The fourth-order valence-electron chi connectivity index (χ4n) is 2.48. The van der Waals surface area contributed by atoms with E-state index in [1.54, 1.807) is 6.92 Å². The number of hydrogen-bond donors (Lipinski definition) is 1. The molecule has 3 nitrogen and oxygen atoms in total. The van der Waals surface area contributed by atoms with Crippen LogP contribution in [0.25, 0.3) is 0 Å². The number of carbonyl (C=O) groups excluding carboxylic acids is 1. The van der Waals surface area contributed by atoms with Gasteiger partial charge in [-0.3, -0.25) is 4.79 Å². The van der Waals surface area contributed by atoms with E-state index >= 15 is 0 Å². The molecule has 0 atom stereocenters. The number of nitrogens with one attached hydrogen (secondary N) is 1. The van der Waals surface area contributed by atoms with E-state index in [0.29, 0.717) is 0 Å². The van der Waals surface area contributed by atoms with E-state index in [2.05, 4.69) is 5.32 Å². The molecule has 2 aliphatic heterocycles. The first-order valence-corrected chi connectivity index (χ1v) is 4.84. The molecule has 1 N–H and O–H groups in total. The normalized spacial score (nSPS) is 38.7. The fourth-order valence-corrected chi connectivity index (χ4v) is 2.48. The minimum atomic E-state index is -4.23. The number of fused-ring (bicyclic) bond motifs is 1. The minimum Gasteiger partial charge on any atom is -0.465 e. The van der Waals surface area contributed by atoms with Gasteiger partial charge in [0.1, 0.15) is 5.54 Å². The summed E-state index contributed by atoms with van der Waals surface area (Å²) in [6.45, 7) is 1.66. The Morgan fingerprint density at radius 2 is 2.07 bits per heavy atom. The molecule has 86 valence electrons. The molecule has 0 unspecified atom stereocenters. The van der Waals surface area contributed by atoms with Crippen LogP contribution in [0, 0.1) is 5.41 Å². The van der Waals surface area contributed by atoms with Crippen LogP contribution in [0.2, 0.25) is 0 Å². The van der Waals surface area contributed by atoms with Gasteiger partial charge in [0, 0.05) is 6.54 Å². The lowest BCUT2D eigenvalue weighted by molar-refractivity contribution is -0.243. The van der Waals surface area contributed by atoms with Crippen molar-refractivity contribution in [3.63, 3.8) is 0 Å². The molecule has 0 aromatic rings. The Bertz CT molecular complexity index is 294. The molecule has 6 heteroatoms. The monoisotopic (exact) mass is 223 g/mol. The van der Waals surface area contributed by atoms with Crippen molar-refractivity contribution in [2.24, 2.45) is 5.41 Å². The maximum absolute atomic E-state index is 12.6. The number of esters is 1. The SMILES string of the molecule is CCOC(=O)C12CC(C(F)(F)F)(CN1)C2. The van der Waals surface area contributed by atoms with E-state index in [1.165, 1.54) is 0 Å². The molecule has 1 saturated carbocycles. The summed E-state index contributed by atoms with van der Waals surface area (Å²) >= 11 is 0. The van der Waals surface area contributed by atoms with E-state index < -0.39 is 23.1 Å². The summed E-state index contributed by atoms with van der Waals surface area (Å²) in [5, 5.41) is 2.64. The largest absolute Gasteiger partial charge is 0.465 e. The second kappa shape index (κ2) is 2.87. The van der Waals surface area contributed by atoms with Gasteiger partial charge in [-0.15, -0.1) is 0 Å². The lowest BCUT2D eigenvalue weighted by atomic mass is 9.61. The average Bonchev–Trinajstić information content (AvgIpc) is 2.56. The molecular formula is C9H12F3NO2. The van der Waals surface area contributed by atoms with Crippen LogP contribution >= 0.6 is 0 Å². The summed E-state index contributed by atoms with van der Waals surface area (Å²) in [5.74, 6) is -0.553. The standard InChI is InChI=1S/C9H12F3NO2/c1-2-15-6(14)8-3-7(4-8,5-13-8)9(10,11)12/h13H,2-5H2,1H3. The van der Waals surface area contributed by atoms with Crippen molar-refractivity contribution in [1.82, 2.24) is 5.32 Å². The Morgan fingerprint density at radius 3 is 2.47 bits per heavy atom. The highest BCUT2D eigenvalue weighted by atomic mass is 19.4. The summed E-state index contributed by atoms with van der Waals surface area (Å²) in [5.41, 5.74) is -2.76. The van der Waals surface area contributed by atoms with Crippen LogP contribution in [0.4, 0.5) is 13.2 Å². The number of alkyl halides is 3. The third-order valence-corrected chi connectivity index (χ3v) is 3.31. The molecule has 0 amide bonds. The fraction of sp³-hybridized carbons (Fsp3) is 0.889. The van der Waals surface area contributed by atoms with Crippen LogP contribution in [0.3, 0.4) is 0 Å². The number of carbonyl (C=O) groups is 1. The van der Waals surface area contributed by atoms with Crippen LogP contribution in [0.5, 0.6) is 0 Å². The molecule has 3 fully saturated rings. The van der Waals surface area contributed by atoms with Gasteiger partial charge in [0.2, 0.25) is 0 Å². The van der Waals surface area contributed by atoms with Crippen LogP contribution in [-0.4, -0.2) is 30.8 Å². The molecular weight excluding hydrogens is 211 g/mol. The van der Waals surface area contributed by atoms with Gasteiger partial charge in [0.05, 0.1) is 12.0 Å². The quantitative estimate of drug-likeness (QED) is 0.715. The lowest BCUT2D eigenvalue weighted by Crippen LogP contribution is -2.58. The maximum atomic E-state index is 12.6. The average molecular weight is 223 g/mol. The number of rotatable bonds is 2. The first kappa shape index (κ1) is 10.7. The van der Waals surface area contributed by atoms with Crippen molar-refractivity contribution in [3.8, 4) is 0 Å². The summed E-state index contributed by atoms with van der Waals surface area (Å²) < 4.78 is 42.6. The molecule has 0 spiro atoms. The molecule has 0 radical (unpaired) electrons. The first-order valence-electron chi connectivity index (χ1n) is 4.84. The lowest BCUT2D eigenvalue weighted by Gasteiger charge is -2.44. The molecule has 3 rings (SSSR count). The van der Waals surface area contributed by atoms with Gasteiger partial charge in [-0.1, -0.05) is 0 Å². The van der Waals surface area contributed by atoms with E-state index in [0.717, 1.165) is 0 Å². The first-order chi connectivity index (χ1) is 6.85. The van der Waals surface area contributed by atoms with Gasteiger partial charge in [-0.25, -0.2) is 0 Å². The topological polar surface area (TPSA) is 38.3 Å². The molecule has 1 aliphatic carbocycles. The van der Waals surface area contributed by atoms with Crippen molar-refractivity contribution >= 4 is 5.97 Å². The van der Waals surface area contributed by atoms with Gasteiger partial charge in [0.15, 0.2) is 0 Å². The van der Waals surface area contributed by atoms with E-state index in [-0.39, 0.29) is 26.0 Å². The van der Waals surface area contributed by atoms with Crippen molar-refractivity contribution in [2.45, 2.75) is 31.5 Å². The zero-order valence-electron chi connectivity index (χ0n) is 8.28. The molecule has 2 saturated heterocycles. The summed E-state index contributed by atoms with van der Waals surface area (Å²) in [6, 6.07) is 0. The van der Waals surface area contributed by atoms with E-state index in [1.807, 2.05) is 0 Å². The van der Waals surface area contributed by atoms with Crippen molar-refractivity contribution in [2.75, 3.05) is 13.2 Å². The van der Waals surface area contributed by atoms with Gasteiger partial charge < -0.3 is 10.1 Å². The Balaban J connectivity index is 2.08. The zero-order valence-corrected chi connectivity index (χ0v) is 8.28. The Hall–Kier alpha value is -0.780. The zero-order chi connectivity index (χ0) is 11.3. The van der Waals surface area contributed by atoms with Gasteiger partial charge >= 0.3 is 12.1 Å². The summed E-state index contributed by atoms with van der Waals surface area (Å²) in [4.78, 5) is 11.4. The second-order valence-corrected chi connectivity index (χ2v) is 4.29. The Morgan fingerprint density at radius 1 is 1.47 bits per heavy atom. The molecule has 2 bridgehead atoms. The maximum Gasteiger partial charge on any atom is 0.395 e. The highest BCUT2D eigenvalue weighted by Gasteiger charge is 2.75. The van der Waals surface area contributed by atoms with E-state index in [9.17, 15) is 18.0 Å². The Labute approximate surface area is 85.0 Å². The van der Waals surface area contributed by atoms with Crippen molar-refractivity contribution < 1.29 is 22.7 Å². The number of hydrogen-bond acceptors (Lipinski definition) is 3. The van der Waals surface area contributed by atoms with Gasteiger partial charge in [0.25, 0.3) is 0 Å². The van der Waals surface area contributed by atoms with Crippen LogP contribution < -0.4 is 5.32 Å². The van der Waals surface area contributed by atoms with E-state index in [4.69, 9.17) is 4.74 Å².